The van der Waals surface area contributed by atoms with Gasteiger partial charge in [0, 0.05) is 11.8 Å². The van der Waals surface area contributed by atoms with E-state index in [0.717, 1.165) is 25.0 Å². The van der Waals surface area contributed by atoms with Crippen LogP contribution in [0.2, 0.25) is 0 Å². The molecule has 11 heavy (non-hydrogen) atoms. The number of ether oxygens (including phenoxy) is 2. The molecule has 3 fully saturated rings. The zero-order chi connectivity index (χ0) is 7.31. The number of hydrogen-bond acceptors (Lipinski definition) is 2. The van der Waals surface area contributed by atoms with E-state index in [1.54, 1.807) is 0 Å². The fourth-order valence-electron chi connectivity index (χ4n) is 3.15. The highest BCUT2D eigenvalue weighted by molar-refractivity contribution is 5.01. The molecule has 0 aromatic heterocycles. The lowest BCUT2D eigenvalue weighted by Gasteiger charge is -2.27. The highest BCUT2D eigenvalue weighted by Gasteiger charge is 2.58. The molecule has 1 saturated heterocycles. The Hall–Kier alpha value is -0.0800. The summed E-state index contributed by atoms with van der Waals surface area (Å²) in [6.45, 7) is 1.65. The quantitative estimate of drug-likeness (QED) is 0.527. The maximum atomic E-state index is 5.77. The van der Waals surface area contributed by atoms with Crippen molar-refractivity contribution in [1.29, 1.82) is 0 Å². The topological polar surface area (TPSA) is 18.5 Å². The van der Waals surface area contributed by atoms with Gasteiger partial charge in [-0.2, -0.15) is 0 Å². The van der Waals surface area contributed by atoms with Crippen molar-refractivity contribution in [2.45, 2.75) is 31.5 Å². The molecule has 2 heteroatoms. The van der Waals surface area contributed by atoms with Gasteiger partial charge in [0.05, 0.1) is 13.2 Å². The van der Waals surface area contributed by atoms with Crippen LogP contribution in [0.3, 0.4) is 0 Å². The maximum Gasteiger partial charge on any atom is 0.174 e. The summed E-state index contributed by atoms with van der Waals surface area (Å²) in [4.78, 5) is 0. The van der Waals surface area contributed by atoms with Gasteiger partial charge in [-0.1, -0.05) is 0 Å². The van der Waals surface area contributed by atoms with Crippen molar-refractivity contribution in [3.63, 3.8) is 0 Å². The Morgan fingerprint density at radius 1 is 0.818 bits per heavy atom. The zero-order valence-electron chi connectivity index (χ0n) is 6.71. The summed E-state index contributed by atoms with van der Waals surface area (Å²) in [5.74, 6) is 1.38. The van der Waals surface area contributed by atoms with Crippen LogP contribution < -0.4 is 0 Å². The first-order valence-electron chi connectivity index (χ1n) is 4.70. The summed E-state index contributed by atoms with van der Waals surface area (Å²) in [7, 11) is 0. The lowest BCUT2D eigenvalue weighted by Crippen LogP contribution is -2.35. The van der Waals surface area contributed by atoms with Crippen molar-refractivity contribution in [2.75, 3.05) is 13.2 Å². The molecule has 0 aromatic rings. The minimum Gasteiger partial charge on any atom is -0.347 e. The smallest absolute Gasteiger partial charge is 0.174 e. The van der Waals surface area contributed by atoms with E-state index >= 15 is 0 Å². The molecule has 2 bridgehead atoms. The van der Waals surface area contributed by atoms with E-state index in [4.69, 9.17) is 9.47 Å². The van der Waals surface area contributed by atoms with Gasteiger partial charge >= 0.3 is 0 Å². The highest BCUT2D eigenvalue weighted by Crippen LogP contribution is 2.56. The monoisotopic (exact) mass is 154 g/mol. The molecule has 0 amide bonds. The molecule has 1 aliphatic heterocycles. The van der Waals surface area contributed by atoms with Gasteiger partial charge in [-0.15, -0.1) is 0 Å². The fourth-order valence-corrected chi connectivity index (χ4v) is 3.15. The van der Waals surface area contributed by atoms with Crippen molar-refractivity contribution in [3.8, 4) is 0 Å². The Morgan fingerprint density at radius 2 is 1.27 bits per heavy atom. The van der Waals surface area contributed by atoms with Crippen LogP contribution >= 0.6 is 0 Å². The second kappa shape index (κ2) is 1.99. The summed E-state index contributed by atoms with van der Waals surface area (Å²) in [5, 5.41) is 0. The molecule has 3 rings (SSSR count). The van der Waals surface area contributed by atoms with E-state index in [0.29, 0.717) is 0 Å². The molecule has 2 nitrogen and oxygen atoms in total. The molecular weight excluding hydrogens is 140 g/mol. The molecule has 0 N–H and O–H groups in total. The Morgan fingerprint density at radius 3 is 1.73 bits per heavy atom. The largest absolute Gasteiger partial charge is 0.347 e. The molecule has 1 heterocycles. The van der Waals surface area contributed by atoms with Crippen molar-refractivity contribution >= 4 is 0 Å². The third kappa shape index (κ3) is 0.651. The van der Waals surface area contributed by atoms with Crippen molar-refractivity contribution in [1.82, 2.24) is 0 Å². The fraction of sp³-hybridized carbons (Fsp3) is 1.00. The van der Waals surface area contributed by atoms with E-state index in [9.17, 15) is 0 Å². The third-order valence-electron chi connectivity index (χ3n) is 3.60. The molecule has 0 aromatic carbocycles. The summed E-state index contributed by atoms with van der Waals surface area (Å²) in [6.07, 6.45) is 5.35. The first-order valence-corrected chi connectivity index (χ1v) is 4.70. The van der Waals surface area contributed by atoms with Crippen LogP contribution in [-0.4, -0.2) is 19.0 Å². The first kappa shape index (κ1) is 6.44. The van der Waals surface area contributed by atoms with Gasteiger partial charge in [0.25, 0.3) is 0 Å². The summed E-state index contributed by atoms with van der Waals surface area (Å²) < 4.78 is 11.5. The Balaban J connectivity index is 1.95. The molecule has 2 aliphatic carbocycles. The normalized spacial score (nSPS) is 45.8. The van der Waals surface area contributed by atoms with Gasteiger partial charge in [-0.05, 0) is 25.7 Å². The highest BCUT2D eigenvalue weighted by atomic mass is 16.7. The van der Waals surface area contributed by atoms with Crippen LogP contribution in [-0.2, 0) is 9.47 Å². The van der Waals surface area contributed by atoms with Crippen LogP contribution in [0.15, 0.2) is 0 Å². The van der Waals surface area contributed by atoms with E-state index in [1.807, 2.05) is 0 Å². The Kier molecular flexibility index (Phi) is 1.16. The second-order valence-electron chi connectivity index (χ2n) is 3.97. The van der Waals surface area contributed by atoms with E-state index in [1.165, 1.54) is 25.7 Å². The molecule has 1 spiro atoms. The second-order valence-corrected chi connectivity index (χ2v) is 3.97. The first-order chi connectivity index (χ1) is 5.42. The average molecular weight is 154 g/mol. The minimum atomic E-state index is -0.0833. The van der Waals surface area contributed by atoms with Crippen molar-refractivity contribution in [3.05, 3.63) is 0 Å². The van der Waals surface area contributed by atoms with Crippen LogP contribution in [0, 0.1) is 11.8 Å². The van der Waals surface area contributed by atoms with Gasteiger partial charge in [-0.25, -0.2) is 0 Å². The van der Waals surface area contributed by atoms with Gasteiger partial charge in [0.15, 0.2) is 5.79 Å². The van der Waals surface area contributed by atoms with Gasteiger partial charge in [-0.3, -0.25) is 0 Å². The molecule has 0 atom stereocenters. The Labute approximate surface area is 66.9 Å². The minimum absolute atomic E-state index is 0.0833. The van der Waals surface area contributed by atoms with Crippen LogP contribution in [0.4, 0.5) is 0 Å². The SMILES string of the molecule is C1COC2(O1)C1CCC2CC1. The lowest BCUT2D eigenvalue weighted by molar-refractivity contribution is -0.188. The predicted octanol–water partition coefficient (Wildman–Crippen LogP) is 1.55. The molecule has 0 unspecified atom stereocenters. The maximum absolute atomic E-state index is 5.77. The molecule has 62 valence electrons. The molecular formula is C9H14O2. The van der Waals surface area contributed by atoms with Crippen LogP contribution in [0.5, 0.6) is 0 Å². The van der Waals surface area contributed by atoms with E-state index in [-0.39, 0.29) is 5.79 Å². The summed E-state index contributed by atoms with van der Waals surface area (Å²) >= 11 is 0. The number of hydrogen-bond donors (Lipinski definition) is 0. The molecule has 3 aliphatic rings. The average Bonchev–Trinajstić information content (AvgIpc) is 2.72. The zero-order valence-corrected chi connectivity index (χ0v) is 6.71. The Bertz CT molecular complexity index is 150. The van der Waals surface area contributed by atoms with Gasteiger partial charge in [0.2, 0.25) is 0 Å². The standard InChI is InChI=1S/C9H14O2/c1-2-8-4-3-7(1)9(8)10-5-6-11-9/h7-8H,1-6H2. The van der Waals surface area contributed by atoms with Gasteiger partial charge < -0.3 is 9.47 Å². The van der Waals surface area contributed by atoms with Crippen LogP contribution in [0.1, 0.15) is 25.7 Å². The van der Waals surface area contributed by atoms with Crippen molar-refractivity contribution < 1.29 is 9.47 Å². The van der Waals surface area contributed by atoms with Gasteiger partial charge in [0.1, 0.15) is 0 Å². The number of rotatable bonds is 0. The third-order valence-corrected chi connectivity index (χ3v) is 3.60. The van der Waals surface area contributed by atoms with E-state index in [2.05, 4.69) is 0 Å². The predicted molar refractivity (Wildman–Crippen MR) is 40.1 cm³/mol. The lowest BCUT2D eigenvalue weighted by atomic mass is 10.0. The van der Waals surface area contributed by atoms with Crippen molar-refractivity contribution in [2.24, 2.45) is 11.8 Å². The van der Waals surface area contributed by atoms with Crippen LogP contribution in [0.25, 0.3) is 0 Å². The van der Waals surface area contributed by atoms with E-state index < -0.39 is 0 Å². The molecule has 2 saturated carbocycles. The summed E-state index contributed by atoms with van der Waals surface area (Å²) in [6, 6.07) is 0. The molecule has 0 radical (unpaired) electrons. The summed E-state index contributed by atoms with van der Waals surface area (Å²) in [5.41, 5.74) is 0.